The van der Waals surface area contributed by atoms with Crippen LogP contribution in [0.4, 0.5) is 0 Å². The van der Waals surface area contributed by atoms with E-state index in [-0.39, 0.29) is 17.4 Å². The number of rotatable bonds is 5. The average Bonchev–Trinajstić information content (AvgIpc) is 2.35. The van der Waals surface area contributed by atoms with Gasteiger partial charge in [0.25, 0.3) is 0 Å². The Morgan fingerprint density at radius 2 is 1.95 bits per heavy atom. The fourth-order valence-electron chi connectivity index (χ4n) is 5.54. The molecule has 0 unspecified atom stereocenters. The van der Waals surface area contributed by atoms with Gasteiger partial charge in [0, 0.05) is 19.4 Å². The van der Waals surface area contributed by atoms with Crippen molar-refractivity contribution in [3.63, 3.8) is 0 Å². The van der Waals surface area contributed by atoms with Crippen molar-refractivity contribution in [2.75, 3.05) is 6.61 Å². The highest BCUT2D eigenvalue weighted by Crippen LogP contribution is 2.61. The van der Waals surface area contributed by atoms with Gasteiger partial charge < -0.3 is 5.11 Å². The molecule has 1 N–H and O–H groups in total. The lowest BCUT2D eigenvalue weighted by atomic mass is 9.47. The van der Waals surface area contributed by atoms with Crippen molar-refractivity contribution >= 4 is 5.78 Å². The topological polar surface area (TPSA) is 37.3 Å². The summed E-state index contributed by atoms with van der Waals surface area (Å²) < 4.78 is 0. The van der Waals surface area contributed by atoms with Gasteiger partial charge in [0.05, 0.1) is 0 Å². The number of Topliss-reactive ketones (excluding diaryl/α,β-unsaturated/α-hetero) is 1. The number of hydrogen-bond acceptors (Lipinski definition) is 2. The lowest BCUT2D eigenvalue weighted by Gasteiger charge is -2.57. The molecule has 2 aliphatic carbocycles. The molecule has 0 heterocycles. The van der Waals surface area contributed by atoms with Crippen molar-refractivity contribution in [2.24, 2.45) is 28.6 Å². The van der Waals surface area contributed by atoms with Gasteiger partial charge in [0.15, 0.2) is 0 Å². The first-order valence-corrected chi connectivity index (χ1v) is 9.01. The zero-order valence-electron chi connectivity index (χ0n) is 15.0. The third-order valence-electron chi connectivity index (χ3n) is 6.58. The minimum atomic E-state index is 0.0904. The molecule has 0 aliphatic heterocycles. The van der Waals surface area contributed by atoms with Gasteiger partial charge in [-0.05, 0) is 54.3 Å². The normalized spacial score (nSPS) is 36.0. The summed E-state index contributed by atoms with van der Waals surface area (Å²) in [6, 6.07) is 0. The first-order valence-electron chi connectivity index (χ1n) is 9.01. The molecule has 2 aliphatic rings. The highest BCUT2D eigenvalue weighted by atomic mass is 16.3. The van der Waals surface area contributed by atoms with Crippen LogP contribution < -0.4 is 0 Å². The summed E-state index contributed by atoms with van der Waals surface area (Å²) in [5.74, 6) is 2.08. The van der Waals surface area contributed by atoms with Crippen LogP contribution in [0.2, 0.25) is 0 Å². The van der Waals surface area contributed by atoms with E-state index in [2.05, 4.69) is 34.3 Å². The SMILES string of the molecule is C=C1CC[C@@H]2C(C)(C)CC(=O)C[C@]2(C)[C@@H]1CC[C@@H](C)CCO. The molecule has 0 radical (unpaired) electrons. The molecule has 2 heteroatoms. The largest absolute Gasteiger partial charge is 0.396 e. The quantitative estimate of drug-likeness (QED) is 0.743. The minimum Gasteiger partial charge on any atom is -0.396 e. The van der Waals surface area contributed by atoms with Crippen LogP contribution in [0.15, 0.2) is 12.2 Å². The Hall–Kier alpha value is -0.630. The zero-order valence-corrected chi connectivity index (χ0v) is 15.0. The van der Waals surface area contributed by atoms with Crippen LogP contribution in [-0.2, 0) is 4.79 Å². The Morgan fingerprint density at radius 3 is 2.59 bits per heavy atom. The molecule has 0 aromatic carbocycles. The lowest BCUT2D eigenvalue weighted by Crippen LogP contribution is -2.52. The number of fused-ring (bicyclic) bond motifs is 1. The lowest BCUT2D eigenvalue weighted by molar-refractivity contribution is -0.138. The summed E-state index contributed by atoms with van der Waals surface area (Å²) in [6.45, 7) is 13.8. The molecule has 2 nitrogen and oxygen atoms in total. The number of ketones is 1. The average molecular weight is 306 g/mol. The van der Waals surface area contributed by atoms with Crippen LogP contribution in [0.5, 0.6) is 0 Å². The molecule has 4 atom stereocenters. The van der Waals surface area contributed by atoms with Crippen LogP contribution in [0.1, 0.15) is 72.6 Å². The van der Waals surface area contributed by atoms with E-state index in [1.807, 2.05) is 0 Å². The number of allylic oxidation sites excluding steroid dienone is 1. The van der Waals surface area contributed by atoms with E-state index >= 15 is 0 Å². The summed E-state index contributed by atoms with van der Waals surface area (Å²) in [5, 5.41) is 9.10. The van der Waals surface area contributed by atoms with Crippen molar-refractivity contribution < 1.29 is 9.90 Å². The molecule has 0 amide bonds. The third-order valence-corrected chi connectivity index (χ3v) is 6.58. The fraction of sp³-hybridized carbons (Fsp3) is 0.850. The van der Waals surface area contributed by atoms with Crippen molar-refractivity contribution in [1.29, 1.82) is 0 Å². The van der Waals surface area contributed by atoms with E-state index in [0.717, 1.165) is 38.5 Å². The monoisotopic (exact) mass is 306 g/mol. The Bertz CT molecular complexity index is 437. The van der Waals surface area contributed by atoms with Gasteiger partial charge in [-0.2, -0.15) is 0 Å². The van der Waals surface area contributed by atoms with Gasteiger partial charge in [0.1, 0.15) is 5.78 Å². The molecule has 126 valence electrons. The zero-order chi connectivity index (χ0) is 16.5. The molecule has 0 bridgehead atoms. The Labute approximate surface area is 136 Å². The first kappa shape index (κ1) is 17.7. The van der Waals surface area contributed by atoms with Crippen LogP contribution in [0.3, 0.4) is 0 Å². The number of aliphatic hydroxyl groups is 1. The third kappa shape index (κ3) is 3.32. The van der Waals surface area contributed by atoms with Gasteiger partial charge in [-0.3, -0.25) is 4.79 Å². The highest BCUT2D eigenvalue weighted by Gasteiger charge is 2.54. The smallest absolute Gasteiger partial charge is 0.134 e. The van der Waals surface area contributed by atoms with Gasteiger partial charge >= 0.3 is 0 Å². The van der Waals surface area contributed by atoms with E-state index in [0.29, 0.717) is 23.5 Å². The van der Waals surface area contributed by atoms with E-state index in [1.165, 1.54) is 12.0 Å². The second-order valence-corrected chi connectivity index (χ2v) is 8.88. The number of hydrogen-bond donors (Lipinski definition) is 1. The molecule has 2 rings (SSSR count). The van der Waals surface area contributed by atoms with Gasteiger partial charge in [-0.1, -0.05) is 46.3 Å². The van der Waals surface area contributed by atoms with Gasteiger partial charge in [0.2, 0.25) is 0 Å². The Morgan fingerprint density at radius 1 is 1.27 bits per heavy atom. The summed E-state index contributed by atoms with van der Waals surface area (Å²) in [5.41, 5.74) is 1.58. The van der Waals surface area contributed by atoms with Crippen molar-refractivity contribution in [2.45, 2.75) is 72.6 Å². The highest BCUT2D eigenvalue weighted by molar-refractivity contribution is 5.81. The van der Waals surface area contributed by atoms with Crippen LogP contribution in [-0.4, -0.2) is 17.5 Å². The number of aliphatic hydroxyl groups excluding tert-OH is 1. The predicted octanol–water partition coefficient (Wildman–Crippen LogP) is 4.76. The summed E-state index contributed by atoms with van der Waals surface area (Å²) >= 11 is 0. The Balaban J connectivity index is 2.19. The first-order chi connectivity index (χ1) is 10.2. The van der Waals surface area contributed by atoms with E-state index in [4.69, 9.17) is 5.11 Å². The van der Waals surface area contributed by atoms with Gasteiger partial charge in [-0.25, -0.2) is 0 Å². The molecule has 0 spiro atoms. The van der Waals surface area contributed by atoms with Crippen LogP contribution in [0.25, 0.3) is 0 Å². The summed E-state index contributed by atoms with van der Waals surface area (Å²) in [4.78, 5) is 12.4. The van der Waals surface area contributed by atoms with Crippen LogP contribution in [0, 0.1) is 28.6 Å². The fourth-order valence-corrected chi connectivity index (χ4v) is 5.54. The molecular weight excluding hydrogens is 272 g/mol. The van der Waals surface area contributed by atoms with E-state index < -0.39 is 0 Å². The standard InChI is InChI=1S/C20H34O2/c1-14(10-11-21)6-8-17-15(2)7-9-18-19(3,4)12-16(22)13-20(17,18)5/h14,17-18,21H,2,6-13H2,1,3-5H3/t14-,17-,18-,20-/m1/s1. The van der Waals surface area contributed by atoms with Crippen LogP contribution >= 0.6 is 0 Å². The molecule has 22 heavy (non-hydrogen) atoms. The summed E-state index contributed by atoms with van der Waals surface area (Å²) in [6.07, 6.45) is 6.92. The molecule has 0 aromatic rings. The molecule has 0 saturated heterocycles. The number of carbonyl (C=O) groups excluding carboxylic acids is 1. The minimum absolute atomic E-state index is 0.0904. The summed E-state index contributed by atoms with van der Waals surface area (Å²) in [7, 11) is 0. The van der Waals surface area contributed by atoms with Crippen molar-refractivity contribution in [3.05, 3.63) is 12.2 Å². The second kappa shape index (κ2) is 6.47. The maximum Gasteiger partial charge on any atom is 0.134 e. The van der Waals surface area contributed by atoms with E-state index in [9.17, 15) is 4.79 Å². The molecular formula is C20H34O2. The van der Waals surface area contributed by atoms with E-state index in [1.54, 1.807) is 0 Å². The van der Waals surface area contributed by atoms with Crippen molar-refractivity contribution in [3.8, 4) is 0 Å². The predicted molar refractivity (Wildman–Crippen MR) is 91.6 cm³/mol. The molecule has 2 saturated carbocycles. The van der Waals surface area contributed by atoms with Crippen molar-refractivity contribution in [1.82, 2.24) is 0 Å². The maximum absolute atomic E-state index is 12.4. The maximum atomic E-state index is 12.4. The molecule has 2 fully saturated rings. The second-order valence-electron chi connectivity index (χ2n) is 8.88. The number of carbonyl (C=O) groups is 1. The molecule has 0 aromatic heterocycles. The Kier molecular flexibility index (Phi) is 5.21. The van der Waals surface area contributed by atoms with Gasteiger partial charge in [-0.15, -0.1) is 0 Å².